The molecule has 0 spiro atoms. The lowest BCUT2D eigenvalue weighted by Crippen LogP contribution is -2.42. The lowest BCUT2D eigenvalue weighted by Gasteiger charge is -2.36. The van der Waals surface area contributed by atoms with E-state index in [9.17, 15) is 19.8 Å². The van der Waals surface area contributed by atoms with E-state index >= 15 is 0 Å². The number of benzene rings is 2. The summed E-state index contributed by atoms with van der Waals surface area (Å²) >= 11 is 7.13. The van der Waals surface area contributed by atoms with Crippen LogP contribution in [0.15, 0.2) is 39.9 Å². The van der Waals surface area contributed by atoms with Gasteiger partial charge in [0, 0.05) is 44.3 Å². The Hall–Kier alpha value is -2.75. The van der Waals surface area contributed by atoms with Crippen molar-refractivity contribution in [3.63, 3.8) is 0 Å². The van der Waals surface area contributed by atoms with Gasteiger partial charge in [-0.2, -0.15) is 0 Å². The van der Waals surface area contributed by atoms with Crippen LogP contribution in [0.2, 0.25) is 5.02 Å². The Balaban J connectivity index is 1.21. The van der Waals surface area contributed by atoms with Gasteiger partial charge >= 0.3 is 5.69 Å². The van der Waals surface area contributed by atoms with Gasteiger partial charge in [-0.15, -0.1) is 0 Å². The van der Waals surface area contributed by atoms with E-state index in [1.54, 1.807) is 3.96 Å². The van der Waals surface area contributed by atoms with Gasteiger partial charge in [-0.1, -0.05) is 42.2 Å². The highest BCUT2D eigenvalue weighted by Crippen LogP contribution is 2.39. The van der Waals surface area contributed by atoms with Crippen molar-refractivity contribution >= 4 is 44.3 Å². The van der Waals surface area contributed by atoms with Crippen LogP contribution in [0, 0.1) is 0 Å². The van der Waals surface area contributed by atoms with Gasteiger partial charge in [0.05, 0.1) is 15.7 Å². The molecular weight excluding hydrogens is 512 g/mol. The summed E-state index contributed by atoms with van der Waals surface area (Å²) in [4.78, 5) is 28.5. The topological polar surface area (TPSA) is 92.6 Å². The van der Waals surface area contributed by atoms with E-state index in [0.717, 1.165) is 62.8 Å². The van der Waals surface area contributed by atoms with Gasteiger partial charge in [0.1, 0.15) is 16.2 Å². The summed E-state index contributed by atoms with van der Waals surface area (Å²) < 4.78 is 6.07. The van der Waals surface area contributed by atoms with E-state index < -0.39 is 0 Å². The number of hydrogen-bond donors (Lipinski definition) is 2. The molecule has 3 heterocycles. The molecule has 1 fully saturated rings. The van der Waals surface area contributed by atoms with Gasteiger partial charge in [-0.05, 0) is 51.2 Å². The number of aryl methyl sites for hydroxylation is 2. The largest absolute Gasteiger partial charge is 0.506 e. The molecule has 0 aliphatic carbocycles. The number of hydrogen-bond acceptors (Lipinski definition) is 6. The number of halogens is 1. The van der Waals surface area contributed by atoms with Crippen molar-refractivity contribution in [1.29, 1.82) is 0 Å². The van der Waals surface area contributed by atoms with Crippen molar-refractivity contribution < 1.29 is 10.2 Å². The molecule has 1 aliphatic heterocycles. The predicted octanol–water partition coefficient (Wildman–Crippen LogP) is 5.16. The monoisotopic (exact) mass is 544 g/mol. The van der Waals surface area contributed by atoms with Crippen LogP contribution in [0.3, 0.4) is 0 Å². The third-order valence-corrected chi connectivity index (χ3v) is 9.08. The van der Waals surface area contributed by atoms with Crippen LogP contribution in [0.5, 0.6) is 11.5 Å². The number of nitrogens with zero attached hydrogens (tertiary/aromatic N) is 4. The molecule has 10 heteroatoms. The van der Waals surface area contributed by atoms with Crippen molar-refractivity contribution in [3.05, 3.63) is 56.2 Å². The van der Waals surface area contributed by atoms with Crippen LogP contribution in [0.1, 0.15) is 52.0 Å². The lowest BCUT2D eigenvalue weighted by molar-refractivity contribution is 0.135. The second-order valence-corrected chi connectivity index (χ2v) is 11.4. The number of para-hydroxylation sites is 2. The molecule has 37 heavy (non-hydrogen) atoms. The van der Waals surface area contributed by atoms with E-state index in [1.165, 1.54) is 17.6 Å². The average molecular weight is 545 g/mol. The average Bonchev–Trinajstić information content (AvgIpc) is 3.36. The molecule has 2 N–H and O–H groups in total. The summed E-state index contributed by atoms with van der Waals surface area (Å²) in [6, 6.07) is 10.1. The lowest BCUT2D eigenvalue weighted by atomic mass is 10.0. The normalized spacial score (nSPS) is 16.2. The molecule has 4 aromatic rings. The van der Waals surface area contributed by atoms with Crippen molar-refractivity contribution in [2.75, 3.05) is 13.1 Å². The second kappa shape index (κ2) is 10.6. The fraction of sp³-hybridized carbons (Fsp3) is 0.481. The Bertz CT molecular complexity index is 1540. The van der Waals surface area contributed by atoms with Gasteiger partial charge in [0.15, 0.2) is 5.75 Å². The molecule has 0 amide bonds. The summed E-state index contributed by atoms with van der Waals surface area (Å²) in [6.07, 6.45) is 4.54. The van der Waals surface area contributed by atoms with Crippen LogP contribution in [0.4, 0.5) is 0 Å². The summed E-state index contributed by atoms with van der Waals surface area (Å²) in [6.45, 7) is 7.46. The summed E-state index contributed by atoms with van der Waals surface area (Å²) in [5.41, 5.74) is 1.87. The molecule has 0 saturated carbocycles. The van der Waals surface area contributed by atoms with Crippen molar-refractivity contribution in [2.24, 2.45) is 0 Å². The first-order chi connectivity index (χ1) is 17.8. The first-order valence-corrected chi connectivity index (χ1v) is 14.1. The maximum absolute atomic E-state index is 13.3. The summed E-state index contributed by atoms with van der Waals surface area (Å²) in [7, 11) is 0. The number of fused-ring (bicyclic) bond motifs is 2. The molecule has 0 radical (unpaired) electrons. The summed E-state index contributed by atoms with van der Waals surface area (Å²) in [5.74, 6) is -0.584. The third-order valence-electron chi connectivity index (χ3n) is 7.62. The summed E-state index contributed by atoms with van der Waals surface area (Å²) in [5, 5.41) is 20.0. The number of phenolic OH excluding ortho intramolecular Hbond substituents is 2. The minimum atomic E-state index is -0.357. The molecule has 8 nitrogen and oxygen atoms in total. The zero-order valence-electron chi connectivity index (χ0n) is 21.2. The Morgan fingerprint density at radius 2 is 1.81 bits per heavy atom. The van der Waals surface area contributed by atoms with Gasteiger partial charge in [-0.3, -0.25) is 17.9 Å². The van der Waals surface area contributed by atoms with Gasteiger partial charge < -0.3 is 15.1 Å². The highest BCUT2D eigenvalue weighted by Gasteiger charge is 2.27. The Morgan fingerprint density at radius 3 is 2.51 bits per heavy atom. The van der Waals surface area contributed by atoms with Crippen molar-refractivity contribution in [3.8, 4) is 11.5 Å². The van der Waals surface area contributed by atoms with Gasteiger partial charge in [-0.25, -0.2) is 4.79 Å². The van der Waals surface area contributed by atoms with Crippen molar-refractivity contribution in [1.82, 2.24) is 18.0 Å². The van der Waals surface area contributed by atoms with Crippen LogP contribution in [0.25, 0.3) is 21.1 Å². The van der Waals surface area contributed by atoms with Crippen molar-refractivity contribution in [2.45, 2.75) is 71.1 Å². The maximum Gasteiger partial charge on any atom is 0.329 e. The number of rotatable bonds is 8. The molecule has 1 atom stereocenters. The number of imidazole rings is 1. The number of aromatic nitrogens is 3. The van der Waals surface area contributed by atoms with Crippen LogP contribution >= 0.6 is 23.1 Å². The number of piperidine rings is 1. The minimum Gasteiger partial charge on any atom is -0.506 e. The molecule has 2 aromatic carbocycles. The number of likely N-dealkylation sites (tertiary alicyclic amines) is 1. The van der Waals surface area contributed by atoms with Gasteiger partial charge in [0.25, 0.3) is 5.56 Å². The molecule has 1 unspecified atom stereocenters. The van der Waals surface area contributed by atoms with E-state index in [0.29, 0.717) is 17.3 Å². The Kier molecular flexibility index (Phi) is 7.38. The predicted molar refractivity (Wildman–Crippen MR) is 149 cm³/mol. The first kappa shape index (κ1) is 25.9. The van der Waals surface area contributed by atoms with Crippen LogP contribution < -0.4 is 11.2 Å². The maximum atomic E-state index is 13.3. The molecular formula is C27H33ClN4O4S. The molecule has 2 aromatic heterocycles. The van der Waals surface area contributed by atoms with E-state index in [2.05, 4.69) is 24.8 Å². The highest BCUT2D eigenvalue weighted by molar-refractivity contribution is 7.14. The zero-order chi connectivity index (χ0) is 26.3. The molecule has 0 bridgehead atoms. The highest BCUT2D eigenvalue weighted by atomic mass is 35.5. The number of phenols is 2. The first-order valence-electron chi connectivity index (χ1n) is 13.0. The van der Waals surface area contributed by atoms with Gasteiger partial charge in [0.2, 0.25) is 0 Å². The van der Waals surface area contributed by atoms with Crippen LogP contribution in [-0.2, 0) is 13.1 Å². The molecule has 1 saturated heterocycles. The molecule has 5 rings (SSSR count). The smallest absolute Gasteiger partial charge is 0.329 e. The third kappa shape index (κ3) is 4.69. The minimum absolute atomic E-state index is 0.101. The standard InChI is InChI=1S/C27H33ClN4O4S/c1-3-12-30-19-8-4-5-9-20(19)32(27(30)36)18-10-14-29(15-11-18)17(2)7-6-13-31-26(35)23-22(37-31)16-21(33)24(28)25(23)34/h4-5,8-9,16-18,33-34H,3,6-7,10-15H2,1-2H3. The van der Waals surface area contributed by atoms with E-state index in [4.69, 9.17) is 11.6 Å². The Morgan fingerprint density at radius 1 is 1.11 bits per heavy atom. The molecule has 198 valence electrons. The SMILES string of the molecule is CCCn1c(=O)n(C2CCN(C(C)CCCn3sc4cc(O)c(Cl)c(O)c4c3=O)CC2)c2ccccc21. The Labute approximate surface area is 224 Å². The number of aromatic hydroxyl groups is 2. The quantitative estimate of drug-likeness (QED) is 0.319. The zero-order valence-corrected chi connectivity index (χ0v) is 22.8. The fourth-order valence-electron chi connectivity index (χ4n) is 5.64. The van der Waals surface area contributed by atoms with Crippen LogP contribution in [-0.4, -0.2) is 47.3 Å². The fourth-order valence-corrected chi connectivity index (χ4v) is 6.86. The second-order valence-electron chi connectivity index (χ2n) is 9.98. The molecule has 1 aliphatic rings. The van der Waals surface area contributed by atoms with E-state index in [-0.39, 0.29) is 39.2 Å². The van der Waals surface area contributed by atoms with E-state index in [1.807, 2.05) is 27.3 Å².